The number of aromatic nitrogens is 3. The largest absolute Gasteiger partial charge is 0.353 e. The predicted molar refractivity (Wildman–Crippen MR) is 167 cm³/mol. The topological polar surface area (TPSA) is 74.2 Å². The molecule has 1 amide bonds. The minimum Gasteiger partial charge on any atom is -0.353 e. The third-order valence-electron chi connectivity index (χ3n) is 9.39. The van der Waals surface area contributed by atoms with Gasteiger partial charge in [-0.2, -0.15) is 0 Å². The van der Waals surface area contributed by atoms with Crippen molar-refractivity contribution < 1.29 is 9.18 Å². The van der Waals surface area contributed by atoms with Gasteiger partial charge in [-0.1, -0.05) is 12.5 Å². The number of hydrogen-bond acceptors (Lipinski definition) is 4. The summed E-state index contributed by atoms with van der Waals surface area (Å²) in [6.07, 6.45) is 10.1. The van der Waals surface area contributed by atoms with Crippen molar-refractivity contribution in [3.63, 3.8) is 0 Å². The maximum atomic E-state index is 14.5. The summed E-state index contributed by atoms with van der Waals surface area (Å²) in [5.74, 6) is 0.664. The van der Waals surface area contributed by atoms with E-state index >= 15 is 0 Å². The second-order valence-corrected chi connectivity index (χ2v) is 12.5. The zero-order valence-electron chi connectivity index (χ0n) is 25.2. The first-order valence-corrected chi connectivity index (χ1v) is 16.0. The first kappa shape index (κ1) is 28.0. The maximum absolute atomic E-state index is 14.5. The first-order chi connectivity index (χ1) is 20.9. The molecule has 1 aromatic carbocycles. The number of aromatic amines is 1. The molecule has 7 nitrogen and oxygen atoms in total. The van der Waals surface area contributed by atoms with Gasteiger partial charge in [-0.05, 0) is 118 Å². The summed E-state index contributed by atoms with van der Waals surface area (Å²) in [5.41, 5.74) is 5.47. The van der Waals surface area contributed by atoms with Crippen LogP contribution >= 0.6 is 0 Å². The first-order valence-electron chi connectivity index (χ1n) is 16.0. The highest BCUT2D eigenvalue weighted by Crippen LogP contribution is 2.44. The number of piperidine rings is 1. The van der Waals surface area contributed by atoms with Crippen LogP contribution in [0.25, 0.3) is 27.8 Å². The van der Waals surface area contributed by atoms with Gasteiger partial charge in [-0.25, -0.2) is 9.37 Å². The van der Waals surface area contributed by atoms with Gasteiger partial charge in [-0.3, -0.25) is 19.1 Å². The van der Waals surface area contributed by atoms with Gasteiger partial charge in [0.25, 0.3) is 11.5 Å². The quantitative estimate of drug-likeness (QED) is 0.238. The third-order valence-corrected chi connectivity index (χ3v) is 9.39. The SMILES string of the molecule is CCN(CC)C(=O)c1cc(F)ccc1-c1cc(C2CC2)nc(-n2cc(C3CC3)c3cc(CN4CCCCC4)[nH]c3c2=O)c1. The zero-order chi connectivity index (χ0) is 29.7. The molecule has 224 valence electrons. The number of H-pyrrole nitrogens is 1. The Morgan fingerprint density at radius 2 is 1.74 bits per heavy atom. The Bertz CT molecular complexity index is 1740. The van der Waals surface area contributed by atoms with E-state index in [1.54, 1.807) is 15.5 Å². The fourth-order valence-corrected chi connectivity index (χ4v) is 6.66. The van der Waals surface area contributed by atoms with Crippen LogP contribution in [0.5, 0.6) is 0 Å². The number of carbonyl (C=O) groups is 1. The monoisotopic (exact) mass is 581 g/mol. The Morgan fingerprint density at radius 1 is 1.00 bits per heavy atom. The van der Waals surface area contributed by atoms with E-state index in [-0.39, 0.29) is 11.5 Å². The van der Waals surface area contributed by atoms with Gasteiger partial charge in [0.1, 0.15) is 17.2 Å². The van der Waals surface area contributed by atoms with Crippen LogP contribution in [0.2, 0.25) is 0 Å². The van der Waals surface area contributed by atoms with Crippen LogP contribution in [-0.2, 0) is 6.54 Å². The van der Waals surface area contributed by atoms with Crippen molar-refractivity contribution in [3.8, 4) is 16.9 Å². The number of nitrogens with one attached hydrogen (secondary N) is 1. The highest BCUT2D eigenvalue weighted by Gasteiger charge is 2.30. The summed E-state index contributed by atoms with van der Waals surface area (Å²) in [4.78, 5) is 40.3. The van der Waals surface area contributed by atoms with Crippen LogP contribution in [0.1, 0.15) is 97.9 Å². The van der Waals surface area contributed by atoms with Gasteiger partial charge in [0.2, 0.25) is 0 Å². The lowest BCUT2D eigenvalue weighted by Crippen LogP contribution is -2.31. The Labute approximate surface area is 251 Å². The third kappa shape index (κ3) is 5.53. The molecular weight excluding hydrogens is 541 g/mol. The molecule has 3 fully saturated rings. The number of amides is 1. The molecule has 8 heteroatoms. The van der Waals surface area contributed by atoms with Crippen molar-refractivity contribution in [2.24, 2.45) is 0 Å². The summed E-state index contributed by atoms with van der Waals surface area (Å²) in [5, 5.41) is 1.03. The van der Waals surface area contributed by atoms with E-state index in [0.717, 1.165) is 67.7 Å². The minimum atomic E-state index is -0.446. The molecule has 3 aliphatic rings. The summed E-state index contributed by atoms with van der Waals surface area (Å²) in [6, 6.07) is 10.5. The Balaban J connectivity index is 1.36. The van der Waals surface area contributed by atoms with Gasteiger partial charge in [0.05, 0.1) is 5.56 Å². The van der Waals surface area contributed by atoms with Crippen molar-refractivity contribution in [1.82, 2.24) is 24.3 Å². The molecule has 4 aromatic rings. The summed E-state index contributed by atoms with van der Waals surface area (Å²) < 4.78 is 16.2. The Kier molecular flexibility index (Phi) is 7.41. The molecule has 0 unspecified atom stereocenters. The number of nitrogens with zero attached hydrogens (tertiary/aromatic N) is 4. The van der Waals surface area contributed by atoms with E-state index in [9.17, 15) is 14.0 Å². The summed E-state index contributed by atoms with van der Waals surface area (Å²) >= 11 is 0. The van der Waals surface area contributed by atoms with Gasteiger partial charge in [-0.15, -0.1) is 0 Å². The van der Waals surface area contributed by atoms with E-state index < -0.39 is 5.82 Å². The molecule has 1 saturated heterocycles. The average molecular weight is 582 g/mol. The van der Waals surface area contributed by atoms with Crippen molar-refractivity contribution in [3.05, 3.63) is 81.3 Å². The lowest BCUT2D eigenvalue weighted by Gasteiger charge is -2.25. The standard InChI is InChI=1S/C35H40FN5O2/c1-3-40(4-2)34(42)29-18-25(36)12-13-27(29)24-16-31(23-10-11-23)38-32(17-24)41-21-30(22-8-9-22)28-19-26(37-33(28)35(41)43)20-39-14-6-5-7-15-39/h12-13,16-19,21-23,37H,3-11,14-15,20H2,1-2H3. The number of fused-ring (bicyclic) bond motifs is 1. The van der Waals surface area contributed by atoms with Crippen LogP contribution in [0.15, 0.2) is 47.4 Å². The number of benzene rings is 1. The summed E-state index contributed by atoms with van der Waals surface area (Å²) in [6.45, 7) is 7.94. The minimum absolute atomic E-state index is 0.116. The smallest absolute Gasteiger partial charge is 0.280 e. The lowest BCUT2D eigenvalue weighted by molar-refractivity contribution is 0.0773. The van der Waals surface area contributed by atoms with Crippen molar-refractivity contribution in [2.45, 2.75) is 77.2 Å². The normalized spacial score (nSPS) is 17.5. The second kappa shape index (κ2) is 11.4. The molecule has 0 spiro atoms. The molecule has 2 aliphatic carbocycles. The number of rotatable bonds is 9. The number of halogens is 1. The molecule has 0 bridgehead atoms. The number of hydrogen-bond donors (Lipinski definition) is 1. The summed E-state index contributed by atoms with van der Waals surface area (Å²) in [7, 11) is 0. The number of pyridine rings is 2. The number of likely N-dealkylation sites (tertiary alicyclic amines) is 1. The molecule has 4 heterocycles. The van der Waals surface area contributed by atoms with Crippen LogP contribution in [-0.4, -0.2) is 56.4 Å². The number of carbonyl (C=O) groups excluding carboxylic acids is 1. The zero-order valence-corrected chi connectivity index (χ0v) is 25.2. The molecule has 1 N–H and O–H groups in total. The molecule has 0 radical (unpaired) electrons. The van der Waals surface area contributed by atoms with Crippen LogP contribution in [0.4, 0.5) is 4.39 Å². The van der Waals surface area contributed by atoms with Gasteiger partial charge in [0, 0.05) is 48.5 Å². The fraction of sp³-hybridized carbons (Fsp3) is 0.457. The van der Waals surface area contributed by atoms with Gasteiger partial charge >= 0.3 is 0 Å². The Hall–Kier alpha value is -3.78. The predicted octanol–water partition coefficient (Wildman–Crippen LogP) is 6.74. The van der Waals surface area contributed by atoms with Gasteiger partial charge < -0.3 is 9.88 Å². The molecule has 0 atom stereocenters. The van der Waals surface area contributed by atoms with Crippen molar-refractivity contribution in [1.29, 1.82) is 0 Å². The van der Waals surface area contributed by atoms with Crippen molar-refractivity contribution in [2.75, 3.05) is 26.2 Å². The van der Waals surface area contributed by atoms with E-state index in [1.807, 2.05) is 32.2 Å². The molecule has 7 rings (SSSR count). The lowest BCUT2D eigenvalue weighted by atomic mass is 9.97. The fourth-order valence-electron chi connectivity index (χ4n) is 6.66. The maximum Gasteiger partial charge on any atom is 0.280 e. The highest BCUT2D eigenvalue weighted by molar-refractivity contribution is 6.01. The molecular formula is C35H40FN5O2. The van der Waals surface area contributed by atoms with E-state index in [0.29, 0.717) is 47.4 Å². The molecule has 2 saturated carbocycles. The van der Waals surface area contributed by atoms with E-state index in [4.69, 9.17) is 4.98 Å². The van der Waals surface area contributed by atoms with Crippen LogP contribution < -0.4 is 5.56 Å². The van der Waals surface area contributed by atoms with Gasteiger partial charge in [0.15, 0.2) is 0 Å². The van der Waals surface area contributed by atoms with E-state index in [2.05, 4.69) is 16.0 Å². The molecule has 43 heavy (non-hydrogen) atoms. The van der Waals surface area contributed by atoms with E-state index in [1.165, 1.54) is 37.0 Å². The van der Waals surface area contributed by atoms with Crippen molar-refractivity contribution >= 4 is 16.8 Å². The highest BCUT2D eigenvalue weighted by atomic mass is 19.1. The second-order valence-electron chi connectivity index (χ2n) is 12.5. The molecule has 1 aliphatic heterocycles. The van der Waals surface area contributed by atoms with Crippen LogP contribution in [0.3, 0.4) is 0 Å². The Morgan fingerprint density at radius 3 is 2.44 bits per heavy atom. The average Bonchev–Trinajstić information content (AvgIpc) is 3.96. The molecule has 3 aromatic heterocycles. The van der Waals surface area contributed by atoms with Crippen LogP contribution in [0, 0.1) is 5.82 Å².